The van der Waals surface area contributed by atoms with Crippen LogP contribution in [0.1, 0.15) is 23.0 Å². The van der Waals surface area contributed by atoms with Gasteiger partial charge in [0.05, 0.1) is 39.5 Å². The van der Waals surface area contributed by atoms with Gasteiger partial charge in [-0.2, -0.15) is 5.10 Å². The predicted octanol–water partition coefficient (Wildman–Crippen LogP) is 0.115. The average molecular weight is 445 g/mol. The number of hydrogen-bond acceptors (Lipinski definition) is 8. The highest BCUT2D eigenvalue weighted by Gasteiger charge is 2.19. The van der Waals surface area contributed by atoms with Gasteiger partial charge >= 0.3 is 0 Å². The van der Waals surface area contributed by atoms with Crippen LogP contribution in [0.4, 0.5) is 0 Å². The molecule has 10 heteroatoms. The molecule has 0 radical (unpaired) electrons. The first-order valence-electron chi connectivity index (χ1n) is 11.9. The van der Waals surface area contributed by atoms with E-state index in [0.717, 1.165) is 117 Å². The Labute approximate surface area is 189 Å². The molecular formula is C22H36N8O2. The van der Waals surface area contributed by atoms with Crippen LogP contribution in [0.2, 0.25) is 0 Å². The number of nitrogens with zero attached hydrogens (tertiary/aromatic N) is 6. The molecule has 1 saturated heterocycles. The highest BCUT2D eigenvalue weighted by Crippen LogP contribution is 2.14. The summed E-state index contributed by atoms with van der Waals surface area (Å²) in [6.45, 7) is 13.9. The van der Waals surface area contributed by atoms with Crippen LogP contribution in [0, 0.1) is 0 Å². The summed E-state index contributed by atoms with van der Waals surface area (Å²) in [6, 6.07) is 4.46. The quantitative estimate of drug-likeness (QED) is 0.592. The molecule has 2 aromatic rings. The SMILES string of the molecule is c1cc2[nH]c1CN1CCN3CCOCCN(CCOCC3)CCN(C2)Cc2nc(n[nH]2)C1. The predicted molar refractivity (Wildman–Crippen MR) is 120 cm³/mol. The molecule has 2 aromatic heterocycles. The van der Waals surface area contributed by atoms with Crippen LogP contribution >= 0.6 is 0 Å². The fourth-order valence-electron chi connectivity index (χ4n) is 4.69. The van der Waals surface area contributed by atoms with Crippen molar-refractivity contribution in [2.75, 3.05) is 78.8 Å². The van der Waals surface area contributed by atoms with Crippen LogP contribution in [-0.4, -0.2) is 119 Å². The molecule has 32 heavy (non-hydrogen) atoms. The van der Waals surface area contributed by atoms with Gasteiger partial charge in [0.1, 0.15) is 5.82 Å². The maximum atomic E-state index is 6.01. The molecule has 2 atom stereocenters. The second-order valence-corrected chi connectivity index (χ2v) is 9.04. The van der Waals surface area contributed by atoms with E-state index >= 15 is 0 Å². The van der Waals surface area contributed by atoms with Crippen molar-refractivity contribution in [1.29, 1.82) is 0 Å². The topological polar surface area (TPSA) is 88.8 Å². The molecule has 176 valence electrons. The Morgan fingerprint density at radius 2 is 1.16 bits per heavy atom. The minimum absolute atomic E-state index is 0.736. The molecule has 0 spiro atoms. The first-order chi connectivity index (χ1) is 15.8. The number of rotatable bonds is 0. The summed E-state index contributed by atoms with van der Waals surface area (Å²) < 4.78 is 12.0. The Morgan fingerprint density at radius 1 is 0.625 bits per heavy atom. The molecule has 8 heterocycles. The fourth-order valence-corrected chi connectivity index (χ4v) is 4.69. The smallest absolute Gasteiger partial charge is 0.164 e. The lowest BCUT2D eigenvalue weighted by Crippen LogP contribution is -2.41. The Bertz CT molecular complexity index is 718. The zero-order valence-corrected chi connectivity index (χ0v) is 19.0. The maximum Gasteiger partial charge on any atom is 0.164 e. The van der Waals surface area contributed by atoms with Gasteiger partial charge in [0.15, 0.2) is 5.82 Å². The molecule has 8 rings (SSSR count). The lowest BCUT2D eigenvalue weighted by Gasteiger charge is -2.30. The lowest BCUT2D eigenvalue weighted by molar-refractivity contribution is 0.0321. The molecule has 0 saturated carbocycles. The summed E-state index contributed by atoms with van der Waals surface area (Å²) >= 11 is 0. The van der Waals surface area contributed by atoms with E-state index in [0.29, 0.717) is 0 Å². The summed E-state index contributed by atoms with van der Waals surface area (Å²) in [4.78, 5) is 18.3. The first-order valence-corrected chi connectivity index (χ1v) is 11.9. The van der Waals surface area contributed by atoms with Gasteiger partial charge in [0, 0.05) is 76.8 Å². The van der Waals surface area contributed by atoms with Gasteiger partial charge in [-0.25, -0.2) is 4.98 Å². The molecule has 2 N–H and O–H groups in total. The molecule has 6 aliphatic rings. The highest BCUT2D eigenvalue weighted by molar-refractivity contribution is 5.13. The van der Waals surface area contributed by atoms with E-state index in [1.807, 2.05) is 0 Å². The van der Waals surface area contributed by atoms with Crippen LogP contribution < -0.4 is 0 Å². The van der Waals surface area contributed by atoms with E-state index < -0.39 is 0 Å². The number of ether oxygens (including phenoxy) is 2. The lowest BCUT2D eigenvalue weighted by atomic mass is 10.3. The van der Waals surface area contributed by atoms with Gasteiger partial charge in [-0.1, -0.05) is 0 Å². The molecule has 1 fully saturated rings. The highest BCUT2D eigenvalue weighted by atomic mass is 16.5. The molecular weight excluding hydrogens is 408 g/mol. The second kappa shape index (κ2) is 10.9. The number of aromatic nitrogens is 4. The van der Waals surface area contributed by atoms with Gasteiger partial charge in [-0.05, 0) is 12.1 Å². The second-order valence-electron chi connectivity index (χ2n) is 9.04. The van der Waals surface area contributed by atoms with Crippen LogP contribution in [0.5, 0.6) is 0 Å². The Balaban J connectivity index is 1.44. The van der Waals surface area contributed by atoms with Crippen molar-refractivity contribution < 1.29 is 9.47 Å². The molecule has 8 bridgehead atoms. The minimum Gasteiger partial charge on any atom is -0.379 e. The minimum atomic E-state index is 0.736. The summed E-state index contributed by atoms with van der Waals surface area (Å²) in [5.41, 5.74) is 2.50. The summed E-state index contributed by atoms with van der Waals surface area (Å²) in [5.74, 6) is 1.81. The third-order valence-electron chi connectivity index (χ3n) is 6.58. The van der Waals surface area contributed by atoms with E-state index in [1.165, 1.54) is 11.4 Å². The normalized spacial score (nSPS) is 30.8. The van der Waals surface area contributed by atoms with Gasteiger partial charge in [0.2, 0.25) is 0 Å². The van der Waals surface area contributed by atoms with Gasteiger partial charge in [-0.15, -0.1) is 0 Å². The van der Waals surface area contributed by atoms with Crippen molar-refractivity contribution in [2.45, 2.75) is 26.2 Å². The van der Waals surface area contributed by atoms with Crippen molar-refractivity contribution in [1.82, 2.24) is 39.8 Å². The van der Waals surface area contributed by atoms with Crippen LogP contribution in [0.15, 0.2) is 12.1 Å². The summed E-state index contributed by atoms with van der Waals surface area (Å²) in [5, 5.41) is 7.72. The van der Waals surface area contributed by atoms with E-state index in [4.69, 9.17) is 14.5 Å². The average Bonchev–Trinajstić information content (AvgIpc) is 3.40. The van der Waals surface area contributed by atoms with E-state index in [-0.39, 0.29) is 0 Å². The van der Waals surface area contributed by atoms with Gasteiger partial charge in [0.25, 0.3) is 0 Å². The summed E-state index contributed by atoms with van der Waals surface area (Å²) in [7, 11) is 0. The molecule has 0 aliphatic carbocycles. The summed E-state index contributed by atoms with van der Waals surface area (Å²) in [6.07, 6.45) is 0. The van der Waals surface area contributed by atoms with Crippen LogP contribution in [-0.2, 0) is 35.7 Å². The van der Waals surface area contributed by atoms with E-state index in [9.17, 15) is 0 Å². The first kappa shape index (κ1) is 22.0. The van der Waals surface area contributed by atoms with E-state index in [1.54, 1.807) is 0 Å². The van der Waals surface area contributed by atoms with Crippen molar-refractivity contribution in [3.63, 3.8) is 0 Å². The standard InChI is InChI=1S/C22H36N8O2/c1-2-20-16-30-6-4-28-9-13-31-11-7-27(8-12-32-14-10-28)3-5-29(15-19(1)23-20)17-21-24-22(18-30)26-25-21/h1-2,23H,3-18H2,(H,24,25,26). The Morgan fingerprint density at radius 3 is 1.75 bits per heavy atom. The van der Waals surface area contributed by atoms with Crippen LogP contribution in [0.3, 0.4) is 0 Å². The third kappa shape index (κ3) is 6.15. The zero-order chi connectivity index (χ0) is 21.6. The maximum absolute atomic E-state index is 6.01. The number of nitrogens with one attached hydrogen (secondary N) is 2. The molecule has 10 nitrogen and oxygen atoms in total. The largest absolute Gasteiger partial charge is 0.379 e. The van der Waals surface area contributed by atoms with Gasteiger partial charge in [-0.3, -0.25) is 24.7 Å². The molecule has 0 amide bonds. The monoisotopic (exact) mass is 444 g/mol. The van der Waals surface area contributed by atoms with Gasteiger partial charge < -0.3 is 14.5 Å². The van der Waals surface area contributed by atoms with Crippen molar-refractivity contribution in [3.8, 4) is 0 Å². The van der Waals surface area contributed by atoms with E-state index in [2.05, 4.69) is 46.9 Å². The number of hydrogen-bond donors (Lipinski definition) is 2. The van der Waals surface area contributed by atoms with Crippen molar-refractivity contribution in [2.24, 2.45) is 0 Å². The van der Waals surface area contributed by atoms with Crippen molar-refractivity contribution in [3.05, 3.63) is 35.2 Å². The number of aromatic amines is 2. The van der Waals surface area contributed by atoms with Crippen LogP contribution in [0.25, 0.3) is 0 Å². The Kier molecular flexibility index (Phi) is 7.47. The Hall–Kier alpha value is -1.82. The molecule has 2 unspecified atom stereocenters. The number of H-pyrrole nitrogens is 2. The molecule has 0 aromatic carbocycles. The van der Waals surface area contributed by atoms with Crippen molar-refractivity contribution >= 4 is 0 Å². The zero-order valence-electron chi connectivity index (χ0n) is 19.0. The molecule has 6 aliphatic heterocycles. The third-order valence-corrected chi connectivity index (χ3v) is 6.58. The fraction of sp³-hybridized carbons (Fsp3) is 0.727.